The molecule has 0 atom stereocenters. The first-order valence-corrected chi connectivity index (χ1v) is 5.75. The number of nitrogens with two attached hydrogens (primary N) is 1. The highest BCUT2D eigenvalue weighted by Crippen LogP contribution is 2.24. The molecular formula is C10H10BrClN2O. The fourth-order valence-electron chi connectivity index (χ4n) is 1.49. The number of rotatable bonds is 1. The van der Waals surface area contributed by atoms with Crippen LogP contribution in [0.2, 0.25) is 5.02 Å². The molecule has 0 radical (unpaired) electrons. The SMILES string of the molecule is NC1CN(C(=O)c2ccc(Cl)c(Br)c2)C1. The molecule has 1 aliphatic rings. The second kappa shape index (κ2) is 4.12. The third-order valence-corrected chi connectivity index (χ3v) is 3.58. The predicted octanol–water partition coefficient (Wildman–Crippen LogP) is 1.89. The van der Waals surface area contributed by atoms with Crippen LogP contribution in [0.15, 0.2) is 22.7 Å². The lowest BCUT2D eigenvalue weighted by molar-refractivity contribution is 0.0608. The maximum absolute atomic E-state index is 11.8. The molecule has 0 bridgehead atoms. The van der Waals surface area contributed by atoms with Gasteiger partial charge in [-0.1, -0.05) is 11.6 Å². The molecule has 15 heavy (non-hydrogen) atoms. The number of likely N-dealkylation sites (tertiary alicyclic amines) is 1. The Hall–Kier alpha value is -0.580. The van der Waals surface area contributed by atoms with Crippen LogP contribution in [-0.2, 0) is 0 Å². The Labute approximate surface area is 101 Å². The van der Waals surface area contributed by atoms with Gasteiger partial charge in [-0.3, -0.25) is 4.79 Å². The maximum atomic E-state index is 11.8. The molecule has 0 spiro atoms. The lowest BCUT2D eigenvalue weighted by Crippen LogP contribution is -2.57. The topological polar surface area (TPSA) is 46.3 Å². The molecule has 1 amide bonds. The van der Waals surface area contributed by atoms with Gasteiger partial charge in [-0.15, -0.1) is 0 Å². The lowest BCUT2D eigenvalue weighted by Gasteiger charge is -2.36. The van der Waals surface area contributed by atoms with E-state index in [4.69, 9.17) is 17.3 Å². The van der Waals surface area contributed by atoms with E-state index in [0.29, 0.717) is 23.7 Å². The van der Waals surface area contributed by atoms with Crippen molar-refractivity contribution in [3.05, 3.63) is 33.3 Å². The van der Waals surface area contributed by atoms with Gasteiger partial charge in [-0.05, 0) is 34.1 Å². The van der Waals surface area contributed by atoms with Gasteiger partial charge in [-0.25, -0.2) is 0 Å². The average molecular weight is 290 g/mol. The first kappa shape index (κ1) is 10.9. The normalized spacial score (nSPS) is 16.3. The fourth-order valence-corrected chi connectivity index (χ4v) is 1.99. The van der Waals surface area contributed by atoms with E-state index < -0.39 is 0 Å². The first-order chi connectivity index (χ1) is 7.08. The number of nitrogens with zero attached hydrogens (tertiary/aromatic N) is 1. The van der Waals surface area contributed by atoms with Gasteiger partial charge in [0, 0.05) is 29.2 Å². The average Bonchev–Trinajstić information content (AvgIpc) is 2.16. The van der Waals surface area contributed by atoms with Gasteiger partial charge in [0.1, 0.15) is 0 Å². The van der Waals surface area contributed by atoms with Crippen molar-refractivity contribution in [3.8, 4) is 0 Å². The van der Waals surface area contributed by atoms with Gasteiger partial charge in [0.25, 0.3) is 5.91 Å². The van der Waals surface area contributed by atoms with Crippen LogP contribution in [0.5, 0.6) is 0 Å². The molecular weight excluding hydrogens is 279 g/mol. The Morgan fingerprint density at radius 1 is 1.53 bits per heavy atom. The van der Waals surface area contributed by atoms with Crippen molar-refractivity contribution in [3.63, 3.8) is 0 Å². The van der Waals surface area contributed by atoms with Gasteiger partial charge in [0.15, 0.2) is 0 Å². The zero-order chi connectivity index (χ0) is 11.0. The van der Waals surface area contributed by atoms with Gasteiger partial charge in [0.05, 0.1) is 5.02 Å². The Bertz CT molecular complexity index is 404. The number of hydrogen-bond donors (Lipinski definition) is 1. The summed E-state index contributed by atoms with van der Waals surface area (Å²) in [6.45, 7) is 1.28. The van der Waals surface area contributed by atoms with E-state index in [1.54, 1.807) is 23.1 Å². The summed E-state index contributed by atoms with van der Waals surface area (Å²) in [4.78, 5) is 13.6. The molecule has 1 aromatic carbocycles. The van der Waals surface area contributed by atoms with Crippen LogP contribution in [0.25, 0.3) is 0 Å². The summed E-state index contributed by atoms with van der Waals surface area (Å²) in [7, 11) is 0. The summed E-state index contributed by atoms with van der Waals surface area (Å²) in [5, 5.41) is 0.604. The van der Waals surface area contributed by atoms with Crippen LogP contribution in [0.1, 0.15) is 10.4 Å². The minimum absolute atomic E-state index is 0.00840. The second-order valence-electron chi connectivity index (χ2n) is 3.60. The summed E-state index contributed by atoms with van der Waals surface area (Å²) < 4.78 is 0.736. The standard InChI is InChI=1S/C10H10BrClN2O/c11-8-3-6(1-2-9(8)12)10(15)14-4-7(13)5-14/h1-3,7H,4-5,13H2. The van der Waals surface area contributed by atoms with Crippen LogP contribution in [0, 0.1) is 0 Å². The highest BCUT2D eigenvalue weighted by atomic mass is 79.9. The van der Waals surface area contributed by atoms with Crippen molar-refractivity contribution in [2.75, 3.05) is 13.1 Å². The molecule has 5 heteroatoms. The first-order valence-electron chi connectivity index (χ1n) is 4.58. The van der Waals surface area contributed by atoms with E-state index in [0.717, 1.165) is 4.47 Å². The van der Waals surface area contributed by atoms with Crippen LogP contribution >= 0.6 is 27.5 Å². The number of carbonyl (C=O) groups is 1. The van der Waals surface area contributed by atoms with Gasteiger partial charge < -0.3 is 10.6 Å². The highest BCUT2D eigenvalue weighted by Gasteiger charge is 2.28. The number of amides is 1. The molecule has 1 aliphatic heterocycles. The number of hydrogen-bond acceptors (Lipinski definition) is 2. The van der Waals surface area contributed by atoms with Crippen molar-refractivity contribution in [1.29, 1.82) is 0 Å². The number of benzene rings is 1. The molecule has 1 aromatic rings. The molecule has 0 unspecified atom stereocenters. The predicted molar refractivity (Wildman–Crippen MR) is 63.0 cm³/mol. The second-order valence-corrected chi connectivity index (χ2v) is 4.86. The molecule has 0 saturated carbocycles. The quantitative estimate of drug-likeness (QED) is 0.858. The van der Waals surface area contributed by atoms with Gasteiger partial charge >= 0.3 is 0 Å². The van der Waals surface area contributed by atoms with Crippen LogP contribution in [0.3, 0.4) is 0 Å². The van der Waals surface area contributed by atoms with Crippen molar-refractivity contribution in [2.45, 2.75) is 6.04 Å². The van der Waals surface area contributed by atoms with E-state index in [9.17, 15) is 4.79 Å². The Kier molecular flexibility index (Phi) is 3.00. The van der Waals surface area contributed by atoms with E-state index in [1.807, 2.05) is 0 Å². The molecule has 1 saturated heterocycles. The van der Waals surface area contributed by atoms with Gasteiger partial charge in [0.2, 0.25) is 0 Å². The highest BCUT2D eigenvalue weighted by molar-refractivity contribution is 9.10. The molecule has 1 heterocycles. The van der Waals surface area contributed by atoms with E-state index >= 15 is 0 Å². The van der Waals surface area contributed by atoms with E-state index in [-0.39, 0.29) is 11.9 Å². The van der Waals surface area contributed by atoms with Gasteiger partial charge in [-0.2, -0.15) is 0 Å². The molecule has 3 nitrogen and oxygen atoms in total. The molecule has 80 valence electrons. The zero-order valence-electron chi connectivity index (χ0n) is 7.91. The zero-order valence-corrected chi connectivity index (χ0v) is 10.3. The summed E-state index contributed by atoms with van der Waals surface area (Å²) in [5.74, 6) is 0.00840. The summed E-state index contributed by atoms with van der Waals surface area (Å²) >= 11 is 9.13. The fraction of sp³-hybridized carbons (Fsp3) is 0.300. The Morgan fingerprint density at radius 3 is 2.73 bits per heavy atom. The molecule has 0 aromatic heterocycles. The molecule has 2 N–H and O–H groups in total. The third kappa shape index (κ3) is 2.17. The Morgan fingerprint density at radius 2 is 2.20 bits per heavy atom. The minimum Gasteiger partial charge on any atom is -0.335 e. The van der Waals surface area contributed by atoms with E-state index in [1.165, 1.54) is 0 Å². The molecule has 2 rings (SSSR count). The van der Waals surface area contributed by atoms with E-state index in [2.05, 4.69) is 15.9 Å². The van der Waals surface area contributed by atoms with Crippen molar-refractivity contribution >= 4 is 33.4 Å². The summed E-state index contributed by atoms with van der Waals surface area (Å²) in [5.41, 5.74) is 6.25. The summed E-state index contributed by atoms with van der Waals surface area (Å²) in [6.07, 6.45) is 0. The number of carbonyl (C=O) groups excluding carboxylic acids is 1. The minimum atomic E-state index is 0.00840. The summed E-state index contributed by atoms with van der Waals surface area (Å²) in [6, 6.07) is 5.29. The maximum Gasteiger partial charge on any atom is 0.254 e. The van der Waals surface area contributed by atoms with Crippen LogP contribution in [-0.4, -0.2) is 29.9 Å². The molecule has 1 fully saturated rings. The van der Waals surface area contributed by atoms with Crippen molar-refractivity contribution < 1.29 is 4.79 Å². The smallest absolute Gasteiger partial charge is 0.254 e. The monoisotopic (exact) mass is 288 g/mol. The van der Waals surface area contributed by atoms with Crippen molar-refractivity contribution in [1.82, 2.24) is 4.90 Å². The lowest BCUT2D eigenvalue weighted by atomic mass is 10.1. The largest absolute Gasteiger partial charge is 0.335 e. The van der Waals surface area contributed by atoms with Crippen LogP contribution in [0.4, 0.5) is 0 Å². The Balaban J connectivity index is 2.16. The van der Waals surface area contributed by atoms with Crippen LogP contribution < -0.4 is 5.73 Å². The van der Waals surface area contributed by atoms with Crippen molar-refractivity contribution in [2.24, 2.45) is 5.73 Å². The molecule has 0 aliphatic carbocycles. The number of halogens is 2. The third-order valence-electron chi connectivity index (χ3n) is 2.36.